The van der Waals surface area contributed by atoms with Gasteiger partial charge in [0.15, 0.2) is 11.6 Å². The third-order valence-corrected chi connectivity index (χ3v) is 3.56. The molecule has 1 saturated heterocycles. The molecule has 1 aromatic rings. The van der Waals surface area contributed by atoms with Crippen LogP contribution in [0, 0.1) is 17.6 Å². The first-order chi connectivity index (χ1) is 7.58. The van der Waals surface area contributed by atoms with Gasteiger partial charge in [-0.05, 0) is 30.9 Å². The third-order valence-electron chi connectivity index (χ3n) is 3.10. The monoisotopic (exact) mass is 289 g/mol. The molecule has 1 aliphatic rings. The van der Waals surface area contributed by atoms with E-state index in [9.17, 15) is 8.78 Å². The number of benzene rings is 1. The molecule has 0 spiro atoms. The first-order valence-electron chi connectivity index (χ1n) is 5.47. The molecule has 2 rings (SSSR count). The van der Waals surface area contributed by atoms with Crippen LogP contribution in [0.4, 0.5) is 14.5 Å². The van der Waals surface area contributed by atoms with Gasteiger partial charge in [-0.15, -0.1) is 0 Å². The fourth-order valence-corrected chi connectivity index (χ4v) is 2.44. The molecular weight excluding hydrogens is 276 g/mol. The van der Waals surface area contributed by atoms with Crippen molar-refractivity contribution in [3.63, 3.8) is 0 Å². The summed E-state index contributed by atoms with van der Waals surface area (Å²) in [7, 11) is 0. The van der Waals surface area contributed by atoms with Gasteiger partial charge in [0.05, 0.1) is 5.69 Å². The molecule has 1 heterocycles. The Hall–Kier alpha value is -0.640. The van der Waals surface area contributed by atoms with Gasteiger partial charge in [0.2, 0.25) is 0 Å². The molecule has 0 N–H and O–H groups in total. The summed E-state index contributed by atoms with van der Waals surface area (Å²) >= 11 is 3.19. The van der Waals surface area contributed by atoms with E-state index < -0.39 is 11.6 Å². The molecule has 0 saturated carbocycles. The highest BCUT2D eigenvalue weighted by atomic mass is 79.9. The number of anilines is 1. The van der Waals surface area contributed by atoms with E-state index in [1.807, 2.05) is 4.90 Å². The molecule has 4 heteroatoms. The van der Waals surface area contributed by atoms with Crippen molar-refractivity contribution >= 4 is 21.6 Å². The molecule has 1 fully saturated rings. The SMILES string of the molecule is CC1CCN(c2cc(Br)cc(F)c2F)CC1. The second-order valence-corrected chi connectivity index (χ2v) is 5.31. The van der Waals surface area contributed by atoms with Crippen LogP contribution < -0.4 is 4.90 Å². The highest BCUT2D eigenvalue weighted by molar-refractivity contribution is 9.10. The van der Waals surface area contributed by atoms with Crippen LogP contribution in [0.15, 0.2) is 16.6 Å². The van der Waals surface area contributed by atoms with E-state index in [0.717, 1.165) is 32.0 Å². The predicted molar refractivity (Wildman–Crippen MR) is 64.7 cm³/mol. The van der Waals surface area contributed by atoms with Gasteiger partial charge in [-0.25, -0.2) is 8.78 Å². The van der Waals surface area contributed by atoms with E-state index in [-0.39, 0.29) is 0 Å². The number of hydrogen-bond donors (Lipinski definition) is 0. The van der Waals surface area contributed by atoms with Crippen molar-refractivity contribution in [3.8, 4) is 0 Å². The molecule has 0 aliphatic carbocycles. The maximum absolute atomic E-state index is 13.6. The number of nitrogens with zero attached hydrogens (tertiary/aromatic N) is 1. The van der Waals surface area contributed by atoms with Crippen LogP contribution in [0.2, 0.25) is 0 Å². The molecular formula is C12H14BrF2N. The molecule has 1 aromatic carbocycles. The fourth-order valence-electron chi connectivity index (χ4n) is 2.02. The van der Waals surface area contributed by atoms with E-state index >= 15 is 0 Å². The van der Waals surface area contributed by atoms with Crippen LogP contribution in [0.1, 0.15) is 19.8 Å². The zero-order valence-electron chi connectivity index (χ0n) is 9.14. The van der Waals surface area contributed by atoms with E-state index in [2.05, 4.69) is 22.9 Å². The lowest BCUT2D eigenvalue weighted by molar-refractivity contribution is 0.430. The lowest BCUT2D eigenvalue weighted by Gasteiger charge is -2.32. The highest BCUT2D eigenvalue weighted by Crippen LogP contribution is 2.29. The van der Waals surface area contributed by atoms with Crippen LogP contribution in [0.5, 0.6) is 0 Å². The molecule has 0 unspecified atom stereocenters. The maximum Gasteiger partial charge on any atom is 0.182 e. The second-order valence-electron chi connectivity index (χ2n) is 4.39. The van der Waals surface area contributed by atoms with Gasteiger partial charge in [-0.3, -0.25) is 0 Å². The number of rotatable bonds is 1. The Morgan fingerprint density at radius 3 is 2.50 bits per heavy atom. The lowest BCUT2D eigenvalue weighted by atomic mass is 9.99. The minimum Gasteiger partial charge on any atom is -0.369 e. The van der Waals surface area contributed by atoms with E-state index in [4.69, 9.17) is 0 Å². The van der Waals surface area contributed by atoms with Gasteiger partial charge in [-0.2, -0.15) is 0 Å². The van der Waals surface area contributed by atoms with Crippen LogP contribution in [0.3, 0.4) is 0 Å². The largest absolute Gasteiger partial charge is 0.369 e. The van der Waals surface area contributed by atoms with E-state index in [0.29, 0.717) is 16.1 Å². The van der Waals surface area contributed by atoms with Gasteiger partial charge < -0.3 is 4.90 Å². The third kappa shape index (κ3) is 2.37. The fraction of sp³-hybridized carbons (Fsp3) is 0.500. The molecule has 0 radical (unpaired) electrons. The molecule has 16 heavy (non-hydrogen) atoms. The van der Waals surface area contributed by atoms with Gasteiger partial charge in [0, 0.05) is 17.6 Å². The molecule has 88 valence electrons. The summed E-state index contributed by atoms with van der Waals surface area (Å²) in [4.78, 5) is 1.92. The van der Waals surface area contributed by atoms with Crippen molar-refractivity contribution < 1.29 is 8.78 Å². The lowest BCUT2D eigenvalue weighted by Crippen LogP contribution is -2.33. The summed E-state index contributed by atoms with van der Waals surface area (Å²) < 4.78 is 27.4. The van der Waals surface area contributed by atoms with Crippen molar-refractivity contribution in [3.05, 3.63) is 28.2 Å². The summed E-state index contributed by atoms with van der Waals surface area (Å²) in [5.74, 6) is -0.850. The number of hydrogen-bond acceptors (Lipinski definition) is 1. The zero-order valence-corrected chi connectivity index (χ0v) is 10.7. The number of piperidine rings is 1. The first-order valence-corrected chi connectivity index (χ1v) is 6.26. The van der Waals surface area contributed by atoms with Gasteiger partial charge in [-0.1, -0.05) is 22.9 Å². The standard InChI is InChI=1S/C12H14BrF2N/c1-8-2-4-16(5-3-8)11-7-9(13)6-10(14)12(11)15/h6-8H,2-5H2,1H3. The minimum absolute atomic E-state index is 0.374. The van der Waals surface area contributed by atoms with Crippen molar-refractivity contribution in [2.75, 3.05) is 18.0 Å². The normalized spacial score (nSPS) is 17.9. The molecule has 0 amide bonds. The second kappa shape index (κ2) is 4.70. The smallest absolute Gasteiger partial charge is 0.182 e. The topological polar surface area (TPSA) is 3.24 Å². The Labute approximate surface area is 103 Å². The van der Waals surface area contributed by atoms with Crippen molar-refractivity contribution in [2.24, 2.45) is 5.92 Å². The van der Waals surface area contributed by atoms with Crippen LogP contribution in [-0.2, 0) is 0 Å². The minimum atomic E-state index is -0.789. The maximum atomic E-state index is 13.6. The molecule has 0 atom stereocenters. The summed E-state index contributed by atoms with van der Waals surface area (Å²) in [6, 6.07) is 2.81. The van der Waals surface area contributed by atoms with Gasteiger partial charge >= 0.3 is 0 Å². The van der Waals surface area contributed by atoms with Crippen molar-refractivity contribution in [1.29, 1.82) is 0 Å². The van der Waals surface area contributed by atoms with E-state index in [1.165, 1.54) is 0 Å². The number of halogens is 3. The average Bonchev–Trinajstić information content (AvgIpc) is 2.25. The summed E-state index contributed by atoms with van der Waals surface area (Å²) in [5, 5.41) is 0. The Kier molecular flexibility index (Phi) is 3.47. The summed E-state index contributed by atoms with van der Waals surface area (Å²) in [6.45, 7) is 3.79. The average molecular weight is 290 g/mol. The van der Waals surface area contributed by atoms with Gasteiger partial charge in [0.1, 0.15) is 0 Å². The van der Waals surface area contributed by atoms with Gasteiger partial charge in [0.25, 0.3) is 0 Å². The van der Waals surface area contributed by atoms with Crippen LogP contribution in [0.25, 0.3) is 0 Å². The highest BCUT2D eigenvalue weighted by Gasteiger charge is 2.20. The van der Waals surface area contributed by atoms with Crippen molar-refractivity contribution in [2.45, 2.75) is 19.8 Å². The zero-order chi connectivity index (χ0) is 11.7. The Bertz CT molecular complexity index is 387. The molecule has 0 bridgehead atoms. The van der Waals surface area contributed by atoms with Crippen LogP contribution in [-0.4, -0.2) is 13.1 Å². The predicted octanol–water partition coefficient (Wildman–Crippen LogP) is 3.96. The Morgan fingerprint density at radius 2 is 1.88 bits per heavy atom. The van der Waals surface area contributed by atoms with E-state index in [1.54, 1.807) is 6.07 Å². The summed E-state index contributed by atoms with van der Waals surface area (Å²) in [5.41, 5.74) is 0.374. The van der Waals surface area contributed by atoms with Crippen molar-refractivity contribution in [1.82, 2.24) is 0 Å². The Balaban J connectivity index is 2.26. The Morgan fingerprint density at radius 1 is 1.25 bits per heavy atom. The first kappa shape index (κ1) is 11.8. The quantitative estimate of drug-likeness (QED) is 0.708. The molecule has 1 nitrogen and oxygen atoms in total. The molecule has 1 aliphatic heterocycles. The van der Waals surface area contributed by atoms with Crippen LogP contribution >= 0.6 is 15.9 Å². The summed E-state index contributed by atoms with van der Waals surface area (Å²) in [6.07, 6.45) is 2.07. The molecule has 0 aromatic heterocycles.